The molecule has 5 nitrogen and oxygen atoms in total. The quantitative estimate of drug-likeness (QED) is 0.672. The van der Waals surface area contributed by atoms with E-state index in [4.69, 9.17) is 10.8 Å². The molecule has 17 heavy (non-hydrogen) atoms. The first-order valence-electron chi connectivity index (χ1n) is 5.05. The molecular weight excluding hydrogens is 247 g/mol. The lowest BCUT2D eigenvalue weighted by Gasteiger charge is -2.09. The van der Waals surface area contributed by atoms with E-state index in [1.807, 2.05) is 0 Å². The average molecular weight is 262 g/mol. The molecule has 0 spiro atoms. The van der Waals surface area contributed by atoms with Crippen molar-refractivity contribution in [3.05, 3.63) is 24.0 Å². The van der Waals surface area contributed by atoms with Gasteiger partial charge in [-0.15, -0.1) is 0 Å². The maximum atomic E-state index is 12.9. The first kappa shape index (κ1) is 13.9. The Bertz CT molecular complexity index is 488. The van der Waals surface area contributed by atoms with E-state index in [2.05, 4.69) is 4.72 Å². The first-order chi connectivity index (χ1) is 7.83. The Hall–Kier alpha value is -1.18. The summed E-state index contributed by atoms with van der Waals surface area (Å²) in [5, 5.41) is 9.00. The molecule has 1 aromatic rings. The summed E-state index contributed by atoms with van der Waals surface area (Å²) in [6, 6.07) is 3.14. The van der Waals surface area contributed by atoms with Crippen molar-refractivity contribution in [2.24, 2.45) is 0 Å². The molecule has 4 N–H and O–H groups in total. The van der Waals surface area contributed by atoms with E-state index in [9.17, 15) is 12.8 Å². The second kappa shape index (κ2) is 5.44. The van der Waals surface area contributed by atoms with Crippen LogP contribution in [0.25, 0.3) is 0 Å². The van der Waals surface area contributed by atoms with Gasteiger partial charge in [-0.25, -0.2) is 17.5 Å². The maximum Gasteiger partial charge on any atom is 0.242 e. The number of nitrogens with one attached hydrogen (secondary N) is 1. The van der Waals surface area contributed by atoms with Crippen LogP contribution in [0.1, 0.15) is 13.3 Å². The number of hydrogen-bond acceptors (Lipinski definition) is 4. The third kappa shape index (κ3) is 3.95. The van der Waals surface area contributed by atoms with E-state index in [0.29, 0.717) is 0 Å². The van der Waals surface area contributed by atoms with Crippen molar-refractivity contribution in [2.45, 2.75) is 24.3 Å². The van der Waals surface area contributed by atoms with Crippen LogP contribution in [0.4, 0.5) is 10.1 Å². The van der Waals surface area contributed by atoms with Crippen LogP contribution < -0.4 is 10.5 Å². The van der Waals surface area contributed by atoms with Crippen molar-refractivity contribution >= 4 is 15.7 Å². The predicted octanol–water partition coefficient (Wildman–Crippen LogP) is 0.457. The van der Waals surface area contributed by atoms with Gasteiger partial charge in [0.1, 0.15) is 10.7 Å². The summed E-state index contributed by atoms with van der Waals surface area (Å²) in [6.07, 6.45) is -0.336. The third-order valence-corrected chi connectivity index (χ3v) is 3.64. The number of aliphatic hydroxyl groups excluding tert-OH is 1. The number of rotatable bonds is 5. The summed E-state index contributed by atoms with van der Waals surface area (Å²) in [7, 11) is -3.84. The molecule has 0 aromatic heterocycles. The topological polar surface area (TPSA) is 92.4 Å². The molecule has 1 atom stereocenters. The zero-order valence-corrected chi connectivity index (χ0v) is 10.2. The van der Waals surface area contributed by atoms with Gasteiger partial charge in [-0.2, -0.15) is 0 Å². The predicted molar refractivity (Wildman–Crippen MR) is 62.3 cm³/mol. The van der Waals surface area contributed by atoms with E-state index >= 15 is 0 Å². The second-order valence-corrected chi connectivity index (χ2v) is 5.45. The van der Waals surface area contributed by atoms with Crippen molar-refractivity contribution in [2.75, 3.05) is 12.3 Å². The molecule has 1 aromatic carbocycles. The van der Waals surface area contributed by atoms with Gasteiger partial charge in [0.25, 0.3) is 0 Å². The fourth-order valence-electron chi connectivity index (χ4n) is 1.22. The molecule has 0 fully saturated rings. The minimum Gasteiger partial charge on any atom is -0.398 e. The van der Waals surface area contributed by atoms with E-state index in [1.54, 1.807) is 6.92 Å². The highest BCUT2D eigenvalue weighted by atomic mass is 32.2. The van der Waals surface area contributed by atoms with E-state index < -0.39 is 21.9 Å². The number of anilines is 1. The molecule has 0 amide bonds. The van der Waals surface area contributed by atoms with Gasteiger partial charge in [0.05, 0.1) is 11.8 Å². The van der Waals surface area contributed by atoms with Gasteiger partial charge in [0.2, 0.25) is 10.0 Å². The summed E-state index contributed by atoms with van der Waals surface area (Å²) < 4.78 is 38.7. The highest BCUT2D eigenvalue weighted by molar-refractivity contribution is 7.89. The van der Waals surface area contributed by atoms with Crippen molar-refractivity contribution in [1.82, 2.24) is 4.72 Å². The van der Waals surface area contributed by atoms with Crippen molar-refractivity contribution in [3.63, 3.8) is 0 Å². The smallest absolute Gasteiger partial charge is 0.242 e. The van der Waals surface area contributed by atoms with Crippen LogP contribution in [-0.2, 0) is 10.0 Å². The van der Waals surface area contributed by atoms with E-state index in [0.717, 1.165) is 12.1 Å². The first-order valence-corrected chi connectivity index (χ1v) is 6.54. The molecule has 96 valence electrons. The lowest BCUT2D eigenvalue weighted by atomic mass is 10.3. The highest BCUT2D eigenvalue weighted by Crippen LogP contribution is 2.18. The van der Waals surface area contributed by atoms with Gasteiger partial charge >= 0.3 is 0 Å². The van der Waals surface area contributed by atoms with Crippen LogP contribution in [0.15, 0.2) is 23.1 Å². The standard InChI is InChI=1S/C10H15FN2O3S/c1-7(14)4-5-13-17(15,16)10-6-8(11)2-3-9(10)12/h2-3,6-7,13-14H,4-5,12H2,1H3. The van der Waals surface area contributed by atoms with Crippen LogP contribution in [-0.4, -0.2) is 26.2 Å². The van der Waals surface area contributed by atoms with E-state index in [1.165, 1.54) is 6.07 Å². The summed E-state index contributed by atoms with van der Waals surface area (Å²) in [5.74, 6) is -0.671. The van der Waals surface area contributed by atoms with Gasteiger partial charge in [-0.1, -0.05) is 0 Å². The number of hydrogen-bond donors (Lipinski definition) is 3. The van der Waals surface area contributed by atoms with Crippen molar-refractivity contribution in [3.8, 4) is 0 Å². The van der Waals surface area contributed by atoms with Crippen LogP contribution in [0.2, 0.25) is 0 Å². The van der Waals surface area contributed by atoms with Gasteiger partial charge in [-0.05, 0) is 31.5 Å². The van der Waals surface area contributed by atoms with Gasteiger partial charge < -0.3 is 10.8 Å². The SMILES string of the molecule is CC(O)CCNS(=O)(=O)c1cc(F)ccc1N. The Kier molecular flexibility index (Phi) is 4.44. The molecule has 7 heteroatoms. The number of nitrogen functional groups attached to an aromatic ring is 1. The minimum absolute atomic E-state index is 0.0176. The Morgan fingerprint density at radius 2 is 2.18 bits per heavy atom. The second-order valence-electron chi connectivity index (χ2n) is 3.72. The molecular formula is C10H15FN2O3S. The van der Waals surface area contributed by atoms with Crippen LogP contribution in [0.5, 0.6) is 0 Å². The molecule has 1 unspecified atom stereocenters. The largest absolute Gasteiger partial charge is 0.398 e. The van der Waals surface area contributed by atoms with Gasteiger partial charge in [-0.3, -0.25) is 0 Å². The molecule has 1 rings (SSSR count). The summed E-state index contributed by atoms with van der Waals surface area (Å²) >= 11 is 0. The van der Waals surface area contributed by atoms with Crippen LogP contribution >= 0.6 is 0 Å². The Morgan fingerprint density at radius 1 is 1.53 bits per heavy atom. The molecule has 0 aliphatic carbocycles. The number of benzene rings is 1. The van der Waals surface area contributed by atoms with Gasteiger partial charge in [0, 0.05) is 6.54 Å². The molecule has 0 aliphatic rings. The molecule has 0 heterocycles. The van der Waals surface area contributed by atoms with Crippen LogP contribution in [0, 0.1) is 5.82 Å². The van der Waals surface area contributed by atoms with E-state index in [-0.39, 0.29) is 23.5 Å². The Morgan fingerprint density at radius 3 is 2.76 bits per heavy atom. The van der Waals surface area contributed by atoms with Crippen molar-refractivity contribution < 1.29 is 17.9 Å². The molecule has 0 saturated carbocycles. The number of halogens is 1. The number of nitrogens with two attached hydrogens (primary N) is 1. The average Bonchev–Trinajstić information content (AvgIpc) is 2.20. The zero-order chi connectivity index (χ0) is 13.1. The van der Waals surface area contributed by atoms with Crippen molar-refractivity contribution in [1.29, 1.82) is 0 Å². The molecule has 0 aliphatic heterocycles. The normalized spacial score (nSPS) is 13.6. The monoisotopic (exact) mass is 262 g/mol. The molecule has 0 radical (unpaired) electrons. The number of sulfonamides is 1. The maximum absolute atomic E-state index is 12.9. The highest BCUT2D eigenvalue weighted by Gasteiger charge is 2.17. The fraction of sp³-hybridized carbons (Fsp3) is 0.400. The fourth-order valence-corrected chi connectivity index (χ4v) is 2.41. The summed E-state index contributed by atoms with van der Waals surface area (Å²) in [5.41, 5.74) is 5.45. The Labute approximate surface area is 99.5 Å². The lowest BCUT2D eigenvalue weighted by molar-refractivity contribution is 0.186. The molecule has 0 saturated heterocycles. The molecule has 0 bridgehead atoms. The van der Waals surface area contributed by atoms with Crippen LogP contribution in [0.3, 0.4) is 0 Å². The summed E-state index contributed by atoms with van der Waals surface area (Å²) in [4.78, 5) is -0.289. The zero-order valence-electron chi connectivity index (χ0n) is 9.35. The summed E-state index contributed by atoms with van der Waals surface area (Å²) in [6.45, 7) is 1.61. The Balaban J connectivity index is 2.86. The lowest BCUT2D eigenvalue weighted by Crippen LogP contribution is -2.27. The third-order valence-electron chi connectivity index (χ3n) is 2.12. The minimum atomic E-state index is -3.84. The van der Waals surface area contributed by atoms with Gasteiger partial charge in [0.15, 0.2) is 0 Å². The number of aliphatic hydroxyl groups is 1.